The van der Waals surface area contributed by atoms with E-state index in [4.69, 9.17) is 5.73 Å². The Balaban J connectivity index is 2.51. The summed E-state index contributed by atoms with van der Waals surface area (Å²) < 4.78 is 0. The lowest BCUT2D eigenvalue weighted by atomic mass is 10.3. The Morgan fingerprint density at radius 1 is 1.36 bits per heavy atom. The van der Waals surface area contributed by atoms with Crippen LogP contribution in [0.25, 0.3) is 0 Å². The Hall–Kier alpha value is -1.59. The lowest BCUT2D eigenvalue weighted by molar-refractivity contribution is -0.155. The second kappa shape index (κ2) is 4.08. The predicted molar refractivity (Wildman–Crippen MR) is 48.0 cm³/mol. The second-order valence-electron chi connectivity index (χ2n) is 3.24. The molecule has 3 amide bonds. The van der Waals surface area contributed by atoms with E-state index in [0.29, 0.717) is 13.1 Å². The minimum atomic E-state index is -0.556. The van der Waals surface area contributed by atoms with Crippen molar-refractivity contribution in [3.05, 3.63) is 0 Å². The average Bonchev–Trinajstić information content (AvgIpc) is 2.13. The van der Waals surface area contributed by atoms with Crippen LogP contribution in [0, 0.1) is 0 Å². The lowest BCUT2D eigenvalue weighted by Crippen LogP contribution is -2.53. The van der Waals surface area contributed by atoms with E-state index in [0.717, 1.165) is 0 Å². The zero-order valence-corrected chi connectivity index (χ0v) is 8.02. The van der Waals surface area contributed by atoms with Gasteiger partial charge in [-0.2, -0.15) is 0 Å². The van der Waals surface area contributed by atoms with Gasteiger partial charge in [-0.1, -0.05) is 0 Å². The van der Waals surface area contributed by atoms with Gasteiger partial charge in [-0.3, -0.25) is 14.4 Å². The zero-order valence-electron chi connectivity index (χ0n) is 8.02. The summed E-state index contributed by atoms with van der Waals surface area (Å²) in [6, 6.07) is 0. The summed E-state index contributed by atoms with van der Waals surface area (Å²) in [6.45, 7) is 1.20. The number of carbonyl (C=O) groups is 3. The van der Waals surface area contributed by atoms with Crippen LogP contribution < -0.4 is 5.73 Å². The zero-order chi connectivity index (χ0) is 10.7. The average molecular weight is 199 g/mol. The summed E-state index contributed by atoms with van der Waals surface area (Å²) in [4.78, 5) is 35.7. The monoisotopic (exact) mass is 199 g/mol. The fourth-order valence-electron chi connectivity index (χ4n) is 1.23. The van der Waals surface area contributed by atoms with Gasteiger partial charge >= 0.3 is 11.8 Å². The van der Waals surface area contributed by atoms with Gasteiger partial charge in [0.25, 0.3) is 0 Å². The topological polar surface area (TPSA) is 83.7 Å². The van der Waals surface area contributed by atoms with Gasteiger partial charge in [0.2, 0.25) is 5.91 Å². The molecule has 1 aliphatic rings. The van der Waals surface area contributed by atoms with E-state index >= 15 is 0 Å². The molecule has 0 aliphatic carbocycles. The van der Waals surface area contributed by atoms with Crippen molar-refractivity contribution < 1.29 is 14.4 Å². The van der Waals surface area contributed by atoms with Crippen molar-refractivity contribution in [1.29, 1.82) is 0 Å². The van der Waals surface area contributed by atoms with Crippen LogP contribution in [0.4, 0.5) is 0 Å². The molecule has 1 rings (SSSR count). The molecule has 0 radical (unpaired) electrons. The van der Waals surface area contributed by atoms with Gasteiger partial charge in [-0.25, -0.2) is 0 Å². The quantitative estimate of drug-likeness (QED) is 0.542. The van der Waals surface area contributed by atoms with Gasteiger partial charge in [0.05, 0.1) is 0 Å². The van der Waals surface area contributed by atoms with Gasteiger partial charge in [0, 0.05) is 33.1 Å². The first kappa shape index (κ1) is 10.5. The number of carbonyl (C=O) groups excluding carboxylic acids is 3. The van der Waals surface area contributed by atoms with Gasteiger partial charge < -0.3 is 15.5 Å². The summed E-state index contributed by atoms with van der Waals surface area (Å²) in [5.74, 6) is -1.55. The van der Waals surface area contributed by atoms with Crippen molar-refractivity contribution in [3.63, 3.8) is 0 Å². The van der Waals surface area contributed by atoms with Gasteiger partial charge in [0.1, 0.15) is 0 Å². The third-order valence-electron chi connectivity index (χ3n) is 2.15. The number of hydrogen-bond donors (Lipinski definition) is 1. The molecule has 1 heterocycles. The maximum absolute atomic E-state index is 11.3. The Kier molecular flexibility index (Phi) is 3.06. The number of nitrogens with zero attached hydrogens (tertiary/aromatic N) is 2. The standard InChI is InChI=1S/C8H13N3O3/c1-10-4-5-11(3-2-6(9)12)8(14)7(10)13/h2-5H2,1H3,(H2,9,12). The van der Waals surface area contributed by atoms with E-state index in [9.17, 15) is 14.4 Å². The van der Waals surface area contributed by atoms with Crippen LogP contribution in [0.3, 0.4) is 0 Å². The smallest absolute Gasteiger partial charge is 0.312 e. The first-order valence-corrected chi connectivity index (χ1v) is 4.35. The van der Waals surface area contributed by atoms with Crippen LogP contribution in [-0.4, -0.2) is 54.2 Å². The van der Waals surface area contributed by atoms with Crippen molar-refractivity contribution in [1.82, 2.24) is 9.80 Å². The maximum Gasteiger partial charge on any atom is 0.312 e. The molecule has 78 valence electrons. The fraction of sp³-hybridized carbons (Fsp3) is 0.625. The number of nitrogens with two attached hydrogens (primary N) is 1. The molecule has 0 aromatic heterocycles. The molecule has 2 N–H and O–H groups in total. The Morgan fingerprint density at radius 3 is 2.57 bits per heavy atom. The molecule has 1 fully saturated rings. The molecule has 0 unspecified atom stereocenters. The Labute approximate surface area is 81.6 Å². The predicted octanol–water partition coefficient (Wildman–Crippen LogP) is -1.84. The third-order valence-corrected chi connectivity index (χ3v) is 2.15. The lowest BCUT2D eigenvalue weighted by Gasteiger charge is -2.31. The first-order chi connectivity index (χ1) is 6.52. The Morgan fingerprint density at radius 2 is 2.00 bits per heavy atom. The van der Waals surface area contributed by atoms with Gasteiger partial charge in [0.15, 0.2) is 0 Å². The normalized spacial score (nSPS) is 17.5. The Bertz CT molecular complexity index is 277. The summed E-state index contributed by atoms with van der Waals surface area (Å²) in [6.07, 6.45) is 0.0999. The molecular formula is C8H13N3O3. The molecule has 6 heteroatoms. The molecule has 0 bridgehead atoms. The third kappa shape index (κ3) is 2.21. The second-order valence-corrected chi connectivity index (χ2v) is 3.24. The van der Waals surface area contributed by atoms with Gasteiger partial charge in [-0.15, -0.1) is 0 Å². The van der Waals surface area contributed by atoms with E-state index in [-0.39, 0.29) is 13.0 Å². The van der Waals surface area contributed by atoms with Crippen molar-refractivity contribution in [2.45, 2.75) is 6.42 Å². The van der Waals surface area contributed by atoms with Crippen LogP contribution in [0.1, 0.15) is 6.42 Å². The fourth-order valence-corrected chi connectivity index (χ4v) is 1.23. The maximum atomic E-state index is 11.3. The number of hydrogen-bond acceptors (Lipinski definition) is 3. The number of primary amides is 1. The summed E-state index contributed by atoms with van der Waals surface area (Å²) >= 11 is 0. The number of piperazine rings is 1. The highest BCUT2D eigenvalue weighted by molar-refractivity contribution is 6.35. The molecule has 1 aliphatic heterocycles. The molecule has 0 saturated carbocycles. The summed E-state index contributed by atoms with van der Waals surface area (Å²) in [5.41, 5.74) is 4.94. The largest absolute Gasteiger partial charge is 0.370 e. The minimum Gasteiger partial charge on any atom is -0.370 e. The molecule has 0 atom stereocenters. The van der Waals surface area contributed by atoms with Crippen LogP contribution in [0.15, 0.2) is 0 Å². The molecule has 0 aromatic rings. The highest BCUT2D eigenvalue weighted by atomic mass is 16.2. The molecular weight excluding hydrogens is 186 g/mol. The number of amides is 3. The van der Waals surface area contributed by atoms with E-state index in [2.05, 4.69) is 0 Å². The van der Waals surface area contributed by atoms with E-state index in [1.54, 1.807) is 7.05 Å². The number of rotatable bonds is 3. The van der Waals surface area contributed by atoms with Crippen molar-refractivity contribution in [3.8, 4) is 0 Å². The molecule has 0 spiro atoms. The summed E-state index contributed by atoms with van der Waals surface area (Å²) in [7, 11) is 1.58. The van der Waals surface area contributed by atoms with Crippen LogP contribution >= 0.6 is 0 Å². The molecule has 6 nitrogen and oxygen atoms in total. The van der Waals surface area contributed by atoms with E-state index in [1.165, 1.54) is 9.80 Å². The molecule has 1 saturated heterocycles. The van der Waals surface area contributed by atoms with E-state index in [1.807, 2.05) is 0 Å². The van der Waals surface area contributed by atoms with Gasteiger partial charge in [-0.05, 0) is 0 Å². The molecule has 0 aromatic carbocycles. The molecule has 14 heavy (non-hydrogen) atoms. The van der Waals surface area contributed by atoms with Crippen LogP contribution in [0.2, 0.25) is 0 Å². The van der Waals surface area contributed by atoms with Crippen LogP contribution in [0.5, 0.6) is 0 Å². The number of likely N-dealkylation sites (N-methyl/N-ethyl adjacent to an activating group) is 1. The first-order valence-electron chi connectivity index (χ1n) is 4.35. The summed E-state index contributed by atoms with van der Waals surface area (Å²) in [5, 5.41) is 0. The van der Waals surface area contributed by atoms with Crippen molar-refractivity contribution in [2.24, 2.45) is 5.73 Å². The van der Waals surface area contributed by atoms with E-state index < -0.39 is 17.7 Å². The highest BCUT2D eigenvalue weighted by Crippen LogP contribution is 2.03. The van der Waals surface area contributed by atoms with Crippen molar-refractivity contribution in [2.75, 3.05) is 26.7 Å². The minimum absolute atomic E-state index is 0.0999. The van der Waals surface area contributed by atoms with Crippen molar-refractivity contribution >= 4 is 17.7 Å². The van der Waals surface area contributed by atoms with Crippen LogP contribution in [-0.2, 0) is 14.4 Å². The SMILES string of the molecule is CN1CCN(CCC(N)=O)C(=O)C1=O. The highest BCUT2D eigenvalue weighted by Gasteiger charge is 2.29.